The highest BCUT2D eigenvalue weighted by molar-refractivity contribution is 6.01. The van der Waals surface area contributed by atoms with Crippen LogP contribution in [0.15, 0.2) is 42.7 Å². The van der Waals surface area contributed by atoms with Gasteiger partial charge in [0, 0.05) is 61.2 Å². The molecule has 2 aromatic heterocycles. The molecule has 0 saturated carbocycles. The Morgan fingerprint density at radius 2 is 1.74 bits per heavy atom. The lowest BCUT2D eigenvalue weighted by atomic mass is 9.87. The van der Waals surface area contributed by atoms with Crippen LogP contribution in [0.3, 0.4) is 0 Å². The lowest BCUT2D eigenvalue weighted by Crippen LogP contribution is -2.61. The van der Waals surface area contributed by atoms with Crippen molar-refractivity contribution < 1.29 is 28.8 Å². The second kappa shape index (κ2) is 19.6. The zero-order chi connectivity index (χ0) is 42.9. The smallest absolute Gasteiger partial charge is 0.245 e. The lowest BCUT2D eigenvalue weighted by molar-refractivity contribution is -0.144. The van der Waals surface area contributed by atoms with E-state index in [0.717, 1.165) is 11.3 Å². The van der Waals surface area contributed by atoms with Gasteiger partial charge in [-0.15, -0.1) is 0 Å². The normalized spacial score (nSPS) is 15.1. The van der Waals surface area contributed by atoms with E-state index in [1.165, 1.54) is 16.7 Å². The Balaban J connectivity index is 1.44. The van der Waals surface area contributed by atoms with Gasteiger partial charge in [-0.3, -0.25) is 33.8 Å². The van der Waals surface area contributed by atoms with Gasteiger partial charge in [0.25, 0.3) is 0 Å². The number of carbonyl (C=O) groups excluding carboxylic acids is 6. The summed E-state index contributed by atoms with van der Waals surface area (Å²) in [5.41, 5.74) is 2.85. The molecule has 1 fully saturated rings. The number of carbonyl (C=O) groups is 6. The Morgan fingerprint density at radius 1 is 1.02 bits per heavy atom. The maximum atomic E-state index is 14.1. The van der Waals surface area contributed by atoms with Crippen LogP contribution in [0.1, 0.15) is 101 Å². The third-order valence-electron chi connectivity index (χ3n) is 10.4. The Kier molecular flexibility index (Phi) is 15.2. The van der Waals surface area contributed by atoms with Gasteiger partial charge < -0.3 is 31.1 Å². The minimum absolute atomic E-state index is 0.0624. The van der Waals surface area contributed by atoms with Crippen LogP contribution in [-0.4, -0.2) is 86.8 Å². The number of pyridine rings is 1. The Bertz CT molecular complexity index is 1980. The van der Waals surface area contributed by atoms with E-state index in [9.17, 15) is 28.8 Å². The molecule has 1 aromatic carbocycles. The fourth-order valence-electron chi connectivity index (χ4n) is 6.81. The van der Waals surface area contributed by atoms with Crippen LogP contribution in [0.25, 0.3) is 0 Å². The maximum absolute atomic E-state index is 14.1. The predicted molar refractivity (Wildman–Crippen MR) is 224 cm³/mol. The molecule has 0 spiro atoms. The number of rotatable bonds is 19. The molecule has 1 aliphatic rings. The highest BCUT2D eigenvalue weighted by atomic mass is 16.2. The number of ketones is 2. The number of hydrogen-bond acceptors (Lipinski definition) is 11. The summed E-state index contributed by atoms with van der Waals surface area (Å²) in [5.74, 6) is -1.64. The summed E-state index contributed by atoms with van der Waals surface area (Å²) < 4.78 is 0. The van der Waals surface area contributed by atoms with E-state index in [2.05, 4.69) is 36.2 Å². The van der Waals surface area contributed by atoms with Gasteiger partial charge in [0.2, 0.25) is 30.1 Å². The molecule has 3 aromatic rings. The zero-order valence-corrected chi connectivity index (χ0v) is 35.4. The molecule has 0 bridgehead atoms. The van der Waals surface area contributed by atoms with Gasteiger partial charge in [-0.25, -0.2) is 4.98 Å². The van der Waals surface area contributed by atoms with E-state index in [-0.39, 0.29) is 42.3 Å². The summed E-state index contributed by atoms with van der Waals surface area (Å²) in [6, 6.07) is 7.56. The molecule has 4 amide bonds. The number of anilines is 4. The average Bonchev–Trinajstić information content (AvgIpc) is 3.67. The van der Waals surface area contributed by atoms with Crippen molar-refractivity contribution in [3.8, 4) is 0 Å². The van der Waals surface area contributed by atoms with Crippen LogP contribution < -0.4 is 26.2 Å². The number of likely N-dealkylation sites (tertiary alicyclic amines) is 1. The first-order valence-corrected chi connectivity index (χ1v) is 19.9. The molecule has 15 nitrogen and oxygen atoms in total. The van der Waals surface area contributed by atoms with Gasteiger partial charge in [-0.05, 0) is 89.5 Å². The molecular formula is C43H59N9O6. The standard InChI is InChI=1S/C43H59N9O6/c1-25(2)18-35(29(7)54)48-41(58)43(8,9)50-39(56)36-12-11-17-52(36)40(57)33(26(3)4)20-37(55)30-15-13-27(5)34(19-30)45-21-31-22-46-42(49-38(31)51(10)24-53)47-32-16-14-28(6)44-23-32/h13-16,19,22-26,33,35-36,45H,11-12,17-18,20-21H2,1-10H3,(H,48,58)(H,50,56)(H,46,47,49)/t33-,35-,36-/m0/s1. The van der Waals surface area contributed by atoms with Crippen molar-refractivity contribution in [1.29, 1.82) is 0 Å². The Hall–Kier alpha value is -5.73. The molecule has 1 saturated heterocycles. The first-order chi connectivity index (χ1) is 27.3. The van der Waals surface area contributed by atoms with Crippen LogP contribution >= 0.6 is 0 Å². The van der Waals surface area contributed by atoms with E-state index in [1.54, 1.807) is 45.4 Å². The van der Waals surface area contributed by atoms with E-state index in [1.807, 2.05) is 59.7 Å². The molecule has 3 atom stereocenters. The lowest BCUT2D eigenvalue weighted by Gasteiger charge is -2.33. The molecule has 0 aliphatic carbocycles. The van der Waals surface area contributed by atoms with Crippen molar-refractivity contribution in [2.45, 2.75) is 112 Å². The van der Waals surface area contributed by atoms with Crippen LogP contribution in [-0.2, 0) is 30.5 Å². The van der Waals surface area contributed by atoms with Crippen LogP contribution in [0.5, 0.6) is 0 Å². The highest BCUT2D eigenvalue weighted by Crippen LogP contribution is 2.29. The van der Waals surface area contributed by atoms with Gasteiger partial charge in [0.05, 0.1) is 17.9 Å². The summed E-state index contributed by atoms with van der Waals surface area (Å²) in [5, 5.41) is 12.1. The number of hydrogen-bond donors (Lipinski definition) is 4. The summed E-state index contributed by atoms with van der Waals surface area (Å²) in [6.45, 7) is 16.7. The third-order valence-corrected chi connectivity index (χ3v) is 10.4. The van der Waals surface area contributed by atoms with Crippen LogP contribution in [0, 0.1) is 31.6 Å². The summed E-state index contributed by atoms with van der Waals surface area (Å²) in [7, 11) is 1.60. The van der Waals surface area contributed by atoms with Gasteiger partial charge in [0.1, 0.15) is 17.4 Å². The number of benzene rings is 1. The fraction of sp³-hybridized carbons (Fsp3) is 0.512. The molecule has 58 heavy (non-hydrogen) atoms. The van der Waals surface area contributed by atoms with Crippen molar-refractivity contribution in [3.05, 3.63) is 65.1 Å². The number of aryl methyl sites for hydroxylation is 2. The minimum atomic E-state index is -1.34. The molecule has 312 valence electrons. The number of Topliss-reactive ketones (excluding diaryl/α,β-unsaturated/α-hetero) is 2. The van der Waals surface area contributed by atoms with Crippen molar-refractivity contribution in [3.63, 3.8) is 0 Å². The number of nitrogens with one attached hydrogen (secondary N) is 4. The van der Waals surface area contributed by atoms with Crippen LogP contribution in [0.4, 0.5) is 23.1 Å². The van der Waals surface area contributed by atoms with Gasteiger partial charge >= 0.3 is 0 Å². The summed E-state index contributed by atoms with van der Waals surface area (Å²) in [4.78, 5) is 95.1. The molecule has 0 unspecified atom stereocenters. The quantitative estimate of drug-likeness (QED) is 0.0910. The van der Waals surface area contributed by atoms with E-state index in [0.29, 0.717) is 66.5 Å². The topological polar surface area (TPSA) is 196 Å². The summed E-state index contributed by atoms with van der Waals surface area (Å²) >= 11 is 0. The van der Waals surface area contributed by atoms with Crippen molar-refractivity contribution in [2.24, 2.45) is 17.8 Å². The third kappa shape index (κ3) is 11.7. The molecule has 4 rings (SSSR count). The van der Waals surface area contributed by atoms with Crippen molar-refractivity contribution >= 4 is 58.8 Å². The fourth-order valence-corrected chi connectivity index (χ4v) is 6.81. The van der Waals surface area contributed by atoms with Gasteiger partial charge in [-0.2, -0.15) is 4.98 Å². The average molecular weight is 798 g/mol. The molecule has 4 N–H and O–H groups in total. The van der Waals surface area contributed by atoms with Crippen LogP contribution in [0.2, 0.25) is 0 Å². The molecular weight excluding hydrogens is 739 g/mol. The molecule has 0 radical (unpaired) electrons. The second-order valence-corrected chi connectivity index (χ2v) is 16.5. The largest absolute Gasteiger partial charge is 0.381 e. The predicted octanol–water partition coefficient (Wildman–Crippen LogP) is 5.29. The van der Waals surface area contributed by atoms with Gasteiger partial charge in [0.15, 0.2) is 11.6 Å². The molecule has 3 heterocycles. The SMILES string of the molecule is CC(=O)[C@H](CC(C)C)NC(=O)C(C)(C)NC(=O)[C@@H]1CCCN1C(=O)[C@@H](CC(=O)c1ccc(C)c(NCc2cnc(Nc3ccc(C)nc3)nc2N(C)C=O)c1)C(C)C. The molecule has 15 heteroatoms. The molecule has 1 aliphatic heterocycles. The number of aromatic nitrogens is 3. The van der Waals surface area contributed by atoms with E-state index >= 15 is 0 Å². The van der Waals surface area contributed by atoms with Crippen molar-refractivity contribution in [2.75, 3.05) is 29.1 Å². The number of amides is 4. The first-order valence-electron chi connectivity index (χ1n) is 19.9. The van der Waals surface area contributed by atoms with Gasteiger partial charge in [-0.1, -0.05) is 39.8 Å². The highest BCUT2D eigenvalue weighted by Gasteiger charge is 2.41. The second-order valence-electron chi connectivity index (χ2n) is 16.5. The van der Waals surface area contributed by atoms with E-state index in [4.69, 9.17) is 0 Å². The first kappa shape index (κ1) is 45.0. The minimum Gasteiger partial charge on any atom is -0.381 e. The Morgan fingerprint density at radius 3 is 2.36 bits per heavy atom. The number of nitrogens with zero attached hydrogens (tertiary/aromatic N) is 5. The monoisotopic (exact) mass is 797 g/mol. The van der Waals surface area contributed by atoms with Crippen molar-refractivity contribution in [1.82, 2.24) is 30.5 Å². The maximum Gasteiger partial charge on any atom is 0.245 e. The zero-order valence-electron chi connectivity index (χ0n) is 35.4. The Labute approximate surface area is 341 Å². The summed E-state index contributed by atoms with van der Waals surface area (Å²) in [6.07, 6.45) is 5.39. The van der Waals surface area contributed by atoms with E-state index < -0.39 is 35.4 Å².